The van der Waals surface area contributed by atoms with Crippen molar-refractivity contribution in [3.05, 3.63) is 58.1 Å². The number of nitro benzene ring substituents is 1. The first kappa shape index (κ1) is 22.1. The maximum absolute atomic E-state index is 13.2. The highest BCUT2D eigenvalue weighted by atomic mass is 16.6. The molecule has 1 amide bonds. The Morgan fingerprint density at radius 2 is 1.74 bits per heavy atom. The van der Waals surface area contributed by atoms with Crippen molar-refractivity contribution in [2.75, 3.05) is 26.8 Å². The number of nitro groups is 1. The van der Waals surface area contributed by atoms with Gasteiger partial charge in [-0.05, 0) is 50.1 Å². The lowest BCUT2D eigenvalue weighted by atomic mass is 9.96. The van der Waals surface area contributed by atoms with Crippen LogP contribution in [0.4, 0.5) is 5.69 Å². The van der Waals surface area contributed by atoms with Crippen LogP contribution < -0.4 is 9.47 Å². The van der Waals surface area contributed by atoms with Gasteiger partial charge in [0.25, 0.3) is 11.6 Å². The summed E-state index contributed by atoms with van der Waals surface area (Å²) in [5, 5.41) is 11.2. The Morgan fingerprint density at radius 3 is 2.32 bits per heavy atom. The fourth-order valence-electron chi connectivity index (χ4n) is 3.41. The molecule has 0 spiro atoms. The van der Waals surface area contributed by atoms with Gasteiger partial charge in [-0.2, -0.15) is 0 Å². The molecule has 0 bridgehead atoms. The number of nitrogens with zero attached hydrogens (tertiary/aromatic N) is 2. The number of piperidine rings is 1. The van der Waals surface area contributed by atoms with Crippen LogP contribution in [0.15, 0.2) is 42.5 Å². The second kappa shape index (κ2) is 9.92. The molecule has 9 heteroatoms. The Morgan fingerprint density at radius 1 is 1.10 bits per heavy atom. The fourth-order valence-corrected chi connectivity index (χ4v) is 3.41. The van der Waals surface area contributed by atoms with Crippen molar-refractivity contribution < 1.29 is 28.7 Å². The van der Waals surface area contributed by atoms with E-state index < -0.39 is 4.92 Å². The number of likely N-dealkylation sites (tertiary alicyclic amines) is 1. The van der Waals surface area contributed by atoms with Gasteiger partial charge in [0.05, 0.1) is 30.1 Å². The molecule has 0 atom stereocenters. The smallest absolute Gasteiger partial charge is 0.309 e. The molecule has 0 radical (unpaired) electrons. The molecule has 0 N–H and O–H groups in total. The van der Waals surface area contributed by atoms with Crippen LogP contribution in [0.2, 0.25) is 0 Å². The van der Waals surface area contributed by atoms with Crippen molar-refractivity contribution in [1.29, 1.82) is 0 Å². The first-order valence-corrected chi connectivity index (χ1v) is 9.99. The van der Waals surface area contributed by atoms with Gasteiger partial charge in [0, 0.05) is 25.2 Å². The molecule has 1 heterocycles. The predicted octanol–water partition coefficient (Wildman–Crippen LogP) is 3.81. The summed E-state index contributed by atoms with van der Waals surface area (Å²) in [5.41, 5.74) is -0.105. The minimum absolute atomic E-state index is 0.0969. The minimum Gasteiger partial charge on any atom is -0.497 e. The third kappa shape index (κ3) is 5.30. The van der Waals surface area contributed by atoms with E-state index >= 15 is 0 Å². The van der Waals surface area contributed by atoms with Crippen molar-refractivity contribution in [2.45, 2.75) is 19.8 Å². The normalized spacial score (nSPS) is 14.1. The van der Waals surface area contributed by atoms with Crippen molar-refractivity contribution >= 4 is 17.6 Å². The van der Waals surface area contributed by atoms with Crippen LogP contribution >= 0.6 is 0 Å². The van der Waals surface area contributed by atoms with E-state index in [1.165, 1.54) is 18.2 Å². The third-order valence-corrected chi connectivity index (χ3v) is 5.09. The topological polar surface area (TPSA) is 108 Å². The van der Waals surface area contributed by atoms with E-state index in [9.17, 15) is 19.7 Å². The third-order valence-electron chi connectivity index (χ3n) is 5.09. The lowest BCUT2D eigenvalue weighted by Crippen LogP contribution is -2.40. The lowest BCUT2D eigenvalue weighted by Gasteiger charge is -2.31. The lowest BCUT2D eigenvalue weighted by molar-refractivity contribution is -0.384. The van der Waals surface area contributed by atoms with Crippen LogP contribution in [0.25, 0.3) is 0 Å². The van der Waals surface area contributed by atoms with Crippen LogP contribution in [0.1, 0.15) is 30.1 Å². The van der Waals surface area contributed by atoms with E-state index in [0.29, 0.717) is 44.0 Å². The highest BCUT2D eigenvalue weighted by molar-refractivity contribution is 5.98. The van der Waals surface area contributed by atoms with E-state index in [1.54, 1.807) is 43.2 Å². The van der Waals surface area contributed by atoms with Crippen molar-refractivity contribution in [3.63, 3.8) is 0 Å². The number of benzene rings is 2. The molecule has 0 saturated carbocycles. The molecule has 2 aromatic carbocycles. The molecule has 9 nitrogen and oxygen atoms in total. The Labute approximate surface area is 179 Å². The molecule has 164 valence electrons. The number of non-ortho nitro benzene ring substituents is 1. The summed E-state index contributed by atoms with van der Waals surface area (Å²) >= 11 is 0. The summed E-state index contributed by atoms with van der Waals surface area (Å²) in [4.78, 5) is 37.4. The summed E-state index contributed by atoms with van der Waals surface area (Å²) in [7, 11) is 1.55. The molecule has 3 rings (SSSR count). The van der Waals surface area contributed by atoms with Gasteiger partial charge < -0.3 is 19.1 Å². The molecule has 0 unspecified atom stereocenters. The largest absolute Gasteiger partial charge is 0.497 e. The van der Waals surface area contributed by atoms with Gasteiger partial charge in [-0.1, -0.05) is 0 Å². The number of hydrogen-bond acceptors (Lipinski definition) is 7. The van der Waals surface area contributed by atoms with Gasteiger partial charge in [-0.25, -0.2) is 0 Å². The molecule has 1 aliphatic heterocycles. The Hall–Kier alpha value is -3.62. The monoisotopic (exact) mass is 428 g/mol. The molecular formula is C22H24N2O7. The van der Waals surface area contributed by atoms with Gasteiger partial charge in [0.2, 0.25) is 0 Å². The second-order valence-corrected chi connectivity index (χ2v) is 7.03. The zero-order valence-corrected chi connectivity index (χ0v) is 17.4. The molecule has 1 aliphatic rings. The molecule has 1 saturated heterocycles. The molecule has 1 fully saturated rings. The minimum atomic E-state index is -0.555. The van der Waals surface area contributed by atoms with E-state index in [-0.39, 0.29) is 34.8 Å². The second-order valence-electron chi connectivity index (χ2n) is 7.03. The van der Waals surface area contributed by atoms with Crippen LogP contribution in [0.5, 0.6) is 17.2 Å². The molecular weight excluding hydrogens is 404 g/mol. The number of amides is 1. The summed E-state index contributed by atoms with van der Waals surface area (Å²) in [6.45, 7) is 2.78. The van der Waals surface area contributed by atoms with E-state index in [0.717, 1.165) is 0 Å². The summed E-state index contributed by atoms with van der Waals surface area (Å²) in [6, 6.07) is 10.7. The standard InChI is InChI=1S/C22H24N2O7/c1-3-30-22(26)15-10-12-23(13-11-15)21(25)19-14-16(24(27)28)4-9-20(19)31-18-7-5-17(29-2)6-8-18/h4-9,14-15H,3,10-13H2,1-2H3. The molecule has 0 aromatic heterocycles. The maximum atomic E-state index is 13.2. The SMILES string of the molecule is CCOC(=O)C1CCN(C(=O)c2cc([N+](=O)[O-])ccc2Oc2ccc(OC)cc2)CC1. The number of methoxy groups -OCH3 is 1. The first-order valence-electron chi connectivity index (χ1n) is 9.99. The van der Waals surface area contributed by atoms with Gasteiger partial charge in [-0.3, -0.25) is 19.7 Å². The number of carbonyl (C=O) groups is 2. The quantitative estimate of drug-likeness (QED) is 0.375. The highest BCUT2D eigenvalue weighted by Crippen LogP contribution is 2.31. The van der Waals surface area contributed by atoms with Crippen molar-refractivity contribution in [3.8, 4) is 17.2 Å². The Bertz CT molecular complexity index is 951. The first-order chi connectivity index (χ1) is 14.9. The number of esters is 1. The number of hydrogen-bond donors (Lipinski definition) is 0. The van der Waals surface area contributed by atoms with E-state index in [1.807, 2.05) is 0 Å². The van der Waals surface area contributed by atoms with E-state index in [4.69, 9.17) is 14.2 Å². The average Bonchev–Trinajstić information content (AvgIpc) is 2.79. The van der Waals surface area contributed by atoms with Crippen molar-refractivity contribution in [2.24, 2.45) is 5.92 Å². The summed E-state index contributed by atoms with van der Waals surface area (Å²) in [6.07, 6.45) is 0.961. The van der Waals surface area contributed by atoms with Gasteiger partial charge >= 0.3 is 5.97 Å². The fraction of sp³-hybridized carbons (Fsp3) is 0.364. The van der Waals surface area contributed by atoms with Crippen LogP contribution in [-0.4, -0.2) is 48.5 Å². The Kier molecular flexibility index (Phi) is 7.07. The summed E-state index contributed by atoms with van der Waals surface area (Å²) in [5.74, 6) is 0.446. The molecule has 2 aromatic rings. The predicted molar refractivity (Wildman–Crippen MR) is 111 cm³/mol. The number of carbonyl (C=O) groups excluding carboxylic acids is 2. The average molecular weight is 428 g/mol. The molecule has 31 heavy (non-hydrogen) atoms. The zero-order chi connectivity index (χ0) is 22.4. The number of ether oxygens (including phenoxy) is 3. The van der Waals surface area contributed by atoms with Gasteiger partial charge in [0.1, 0.15) is 17.2 Å². The zero-order valence-electron chi connectivity index (χ0n) is 17.4. The Balaban J connectivity index is 1.80. The van der Waals surface area contributed by atoms with Crippen molar-refractivity contribution in [1.82, 2.24) is 4.90 Å². The van der Waals surface area contributed by atoms with Crippen LogP contribution in [0.3, 0.4) is 0 Å². The highest BCUT2D eigenvalue weighted by Gasteiger charge is 2.30. The van der Waals surface area contributed by atoms with Crippen LogP contribution in [0, 0.1) is 16.0 Å². The maximum Gasteiger partial charge on any atom is 0.309 e. The van der Waals surface area contributed by atoms with Gasteiger partial charge in [0.15, 0.2) is 0 Å². The van der Waals surface area contributed by atoms with E-state index in [2.05, 4.69) is 0 Å². The van der Waals surface area contributed by atoms with Crippen LogP contribution in [-0.2, 0) is 9.53 Å². The summed E-state index contributed by atoms with van der Waals surface area (Å²) < 4.78 is 16.0. The molecule has 0 aliphatic carbocycles. The number of rotatable bonds is 7. The van der Waals surface area contributed by atoms with Gasteiger partial charge in [-0.15, -0.1) is 0 Å².